The Hall–Kier alpha value is -1.76. The van der Waals surface area contributed by atoms with Gasteiger partial charge in [0.15, 0.2) is 17.3 Å². The zero-order valence-electron chi connectivity index (χ0n) is 31.0. The Morgan fingerprint density at radius 3 is 1.66 bits per heavy atom. The van der Waals surface area contributed by atoms with Crippen LogP contribution in [0.1, 0.15) is 145 Å². The third-order valence-corrected chi connectivity index (χ3v) is 19.5. The Morgan fingerprint density at radius 2 is 1.17 bits per heavy atom. The second-order valence-corrected chi connectivity index (χ2v) is 20.8. The third-order valence-electron chi connectivity index (χ3n) is 10.3. The molecular formula is C37H66O7Si3. The summed E-state index contributed by atoms with van der Waals surface area (Å²) in [6.07, 6.45) is 21.7. The van der Waals surface area contributed by atoms with Crippen LogP contribution in [-0.4, -0.2) is 58.5 Å². The van der Waals surface area contributed by atoms with Gasteiger partial charge in [0.05, 0.1) is 27.2 Å². The van der Waals surface area contributed by atoms with Crippen molar-refractivity contribution in [3.63, 3.8) is 0 Å². The fraction of sp³-hybridized carbons (Fsp3) is 0.757. The van der Waals surface area contributed by atoms with E-state index in [1.165, 1.54) is 64.2 Å². The molecule has 0 N–H and O–H groups in total. The number of unbranched alkanes of at least 4 members (excludes halogenated alkanes) is 4. The van der Waals surface area contributed by atoms with E-state index < -0.39 is 34.5 Å². The van der Waals surface area contributed by atoms with Gasteiger partial charge in [0, 0.05) is 24.8 Å². The summed E-state index contributed by atoms with van der Waals surface area (Å²) >= 11 is 0. The Kier molecular flexibility index (Phi) is 18.8. The smallest absolute Gasteiger partial charge is 0.250 e. The van der Waals surface area contributed by atoms with Crippen LogP contribution in [0.25, 0.3) is 0 Å². The van der Waals surface area contributed by atoms with Gasteiger partial charge in [-0.2, -0.15) is 0 Å². The summed E-state index contributed by atoms with van der Waals surface area (Å²) in [6, 6.07) is 0. The van der Waals surface area contributed by atoms with Crippen LogP contribution >= 0.6 is 0 Å². The normalized spacial score (nSPS) is 28.1. The van der Waals surface area contributed by atoms with Crippen LogP contribution < -0.4 is 0 Å². The Balaban J connectivity index is 2.57. The highest BCUT2D eigenvalue weighted by atomic mass is 28.3. The average molecular weight is 707 g/mol. The lowest BCUT2D eigenvalue weighted by Crippen LogP contribution is -2.63. The number of rotatable bonds is 22. The fourth-order valence-corrected chi connectivity index (χ4v) is 15.7. The number of allylic oxidation sites excluding steroid dienone is 6. The van der Waals surface area contributed by atoms with Crippen molar-refractivity contribution in [2.75, 3.05) is 6.61 Å². The van der Waals surface area contributed by atoms with E-state index in [0.29, 0.717) is 35.7 Å². The standard InChI is InChI=1S/C37H66O7Si3/c1-9-11-12-13-14-16-33-18-20-34(21-19-33)35-17-15-22-36(41-23-10-2,45-42-30(6)24-27(3)38)37(35,46-43-31(7)25-28(4)39)47-44-32(8)26-29(5)40/h24-26,33-35H,9-23,45-47H2,1-8H3/t33?,34?,35-,36+,37?/m1/s1. The molecule has 0 aromatic rings. The van der Waals surface area contributed by atoms with Crippen LogP contribution in [0, 0.1) is 17.8 Å². The van der Waals surface area contributed by atoms with Gasteiger partial charge in [-0.3, -0.25) is 14.4 Å². The molecule has 0 aliphatic heterocycles. The highest BCUT2D eigenvalue weighted by Crippen LogP contribution is 2.59. The lowest BCUT2D eigenvalue weighted by Gasteiger charge is -2.58. The minimum Gasteiger partial charge on any atom is -0.552 e. The number of ketones is 3. The van der Waals surface area contributed by atoms with Gasteiger partial charge in [-0.25, -0.2) is 0 Å². The predicted molar refractivity (Wildman–Crippen MR) is 200 cm³/mol. The molecule has 268 valence electrons. The molecule has 10 heteroatoms. The molecule has 0 saturated heterocycles. The van der Waals surface area contributed by atoms with Crippen molar-refractivity contribution in [1.29, 1.82) is 0 Å². The maximum atomic E-state index is 12.0. The molecule has 0 radical (unpaired) electrons. The lowest BCUT2D eigenvalue weighted by atomic mass is 9.68. The summed E-state index contributed by atoms with van der Waals surface area (Å²) in [5.41, 5.74) is 0. The molecule has 2 atom stereocenters. The van der Waals surface area contributed by atoms with Gasteiger partial charge in [0.2, 0.25) is 19.5 Å². The van der Waals surface area contributed by atoms with Crippen molar-refractivity contribution in [3.05, 3.63) is 35.5 Å². The molecule has 2 fully saturated rings. The fourth-order valence-electron chi connectivity index (χ4n) is 8.06. The molecule has 47 heavy (non-hydrogen) atoms. The Labute approximate surface area is 293 Å². The predicted octanol–water partition coefficient (Wildman–Crippen LogP) is 6.97. The number of carbonyl (C=O) groups is 3. The molecule has 0 bridgehead atoms. The van der Waals surface area contributed by atoms with Crippen LogP contribution in [0.4, 0.5) is 0 Å². The summed E-state index contributed by atoms with van der Waals surface area (Å²) in [5, 5.41) is -0.514. The molecule has 0 spiro atoms. The second-order valence-electron chi connectivity index (χ2n) is 14.4. The maximum Gasteiger partial charge on any atom is 0.250 e. The molecule has 0 heterocycles. The largest absolute Gasteiger partial charge is 0.552 e. The van der Waals surface area contributed by atoms with Gasteiger partial charge >= 0.3 is 0 Å². The van der Waals surface area contributed by atoms with E-state index >= 15 is 0 Å². The van der Waals surface area contributed by atoms with Gasteiger partial charge in [0.25, 0.3) is 9.76 Å². The molecule has 2 saturated carbocycles. The highest BCUT2D eigenvalue weighted by molar-refractivity contribution is 6.60. The SMILES string of the molecule is CCCCCCCC1CCC([C@H]2CCC[C@](OCCC)([SiH2]OC(C)=CC(C)=O)C2([SiH2]OC(C)=CC(C)=O)[SiH2]OC(C)=CC(C)=O)CC1. The topological polar surface area (TPSA) is 88.1 Å². The van der Waals surface area contributed by atoms with E-state index in [0.717, 1.165) is 31.6 Å². The molecule has 0 aromatic carbocycles. The summed E-state index contributed by atoms with van der Waals surface area (Å²) in [4.78, 5) is 36.0. The summed E-state index contributed by atoms with van der Waals surface area (Å²) < 4.78 is 26.8. The first-order valence-electron chi connectivity index (χ1n) is 18.5. The zero-order valence-corrected chi connectivity index (χ0v) is 35.3. The van der Waals surface area contributed by atoms with Gasteiger partial charge < -0.3 is 18.0 Å². The monoisotopic (exact) mass is 706 g/mol. The minimum atomic E-state index is -1.39. The Bertz CT molecular complexity index is 1060. The van der Waals surface area contributed by atoms with E-state index in [-0.39, 0.29) is 22.0 Å². The minimum absolute atomic E-state index is 0.0244. The van der Waals surface area contributed by atoms with Gasteiger partial charge in [-0.15, -0.1) is 0 Å². The molecule has 2 rings (SSSR count). The van der Waals surface area contributed by atoms with Crippen molar-refractivity contribution < 1.29 is 32.4 Å². The van der Waals surface area contributed by atoms with E-state index in [2.05, 4.69) is 13.8 Å². The second kappa shape index (κ2) is 21.4. The molecule has 7 nitrogen and oxygen atoms in total. The lowest BCUT2D eigenvalue weighted by molar-refractivity contribution is -0.113. The number of ether oxygens (including phenoxy) is 1. The maximum absolute atomic E-state index is 12.0. The van der Waals surface area contributed by atoms with Crippen molar-refractivity contribution >= 4 is 46.6 Å². The number of carbonyl (C=O) groups excluding carboxylic acids is 3. The van der Waals surface area contributed by atoms with E-state index in [1.54, 1.807) is 39.0 Å². The summed E-state index contributed by atoms with van der Waals surface area (Å²) in [7, 11) is -4.15. The third kappa shape index (κ3) is 13.6. The molecule has 0 unspecified atom stereocenters. The molecule has 0 amide bonds. The first-order valence-corrected chi connectivity index (χ1v) is 22.3. The zero-order chi connectivity index (χ0) is 34.9. The van der Waals surface area contributed by atoms with Crippen LogP contribution in [0.3, 0.4) is 0 Å². The van der Waals surface area contributed by atoms with Crippen molar-refractivity contribution in [2.24, 2.45) is 17.8 Å². The van der Waals surface area contributed by atoms with Crippen molar-refractivity contribution in [1.82, 2.24) is 0 Å². The quantitative estimate of drug-likeness (QED) is 0.0520. The van der Waals surface area contributed by atoms with E-state index in [9.17, 15) is 14.4 Å². The van der Waals surface area contributed by atoms with Crippen LogP contribution in [0.2, 0.25) is 4.66 Å². The number of hydrogen-bond donors (Lipinski definition) is 0. The van der Waals surface area contributed by atoms with Crippen LogP contribution in [-0.2, 0) is 32.4 Å². The molecule has 2 aliphatic rings. The first kappa shape index (κ1) is 41.4. The molecule has 2 aliphatic carbocycles. The van der Waals surface area contributed by atoms with E-state index in [4.69, 9.17) is 18.0 Å². The van der Waals surface area contributed by atoms with Gasteiger partial charge in [-0.1, -0.05) is 71.6 Å². The van der Waals surface area contributed by atoms with E-state index in [1.807, 2.05) is 20.8 Å². The number of hydrogen-bond acceptors (Lipinski definition) is 7. The first-order chi connectivity index (χ1) is 22.4. The van der Waals surface area contributed by atoms with Crippen molar-refractivity contribution in [3.8, 4) is 0 Å². The summed E-state index contributed by atoms with van der Waals surface area (Å²) in [6.45, 7) is 15.4. The average Bonchev–Trinajstić information content (AvgIpc) is 3.00. The Morgan fingerprint density at radius 1 is 0.660 bits per heavy atom. The van der Waals surface area contributed by atoms with Gasteiger partial charge in [-0.05, 0) is 91.4 Å². The highest BCUT2D eigenvalue weighted by Gasteiger charge is 2.63. The van der Waals surface area contributed by atoms with Crippen LogP contribution in [0.5, 0.6) is 0 Å². The van der Waals surface area contributed by atoms with Crippen LogP contribution in [0.15, 0.2) is 35.5 Å². The molecular weight excluding hydrogens is 641 g/mol. The molecule has 0 aromatic heterocycles. The van der Waals surface area contributed by atoms with Crippen molar-refractivity contribution in [2.45, 2.75) is 155 Å². The van der Waals surface area contributed by atoms with Gasteiger partial charge in [0.1, 0.15) is 0 Å². The summed E-state index contributed by atoms with van der Waals surface area (Å²) in [5.74, 6) is 3.62.